The molecule has 0 aromatic carbocycles. The van der Waals surface area contributed by atoms with Gasteiger partial charge in [-0.15, -0.1) is 0 Å². The van der Waals surface area contributed by atoms with Crippen molar-refractivity contribution in [3.8, 4) is 0 Å². The average Bonchev–Trinajstić information content (AvgIpc) is 2.81. The molecule has 0 atom stereocenters. The Morgan fingerprint density at radius 2 is 1.88 bits per heavy atom. The number of carbonyl (C=O) groups excluding carboxylic acids is 1. The Bertz CT molecular complexity index is 333. The van der Waals surface area contributed by atoms with Gasteiger partial charge in [0.05, 0.1) is 0 Å². The molecule has 1 saturated carbocycles. The Labute approximate surface area is 104 Å². The normalized spacial score (nSPS) is 22.4. The van der Waals surface area contributed by atoms with E-state index in [-0.39, 0.29) is 12.1 Å². The molecule has 0 unspecified atom stereocenters. The van der Waals surface area contributed by atoms with Gasteiger partial charge in [0.15, 0.2) is 0 Å². The molecule has 2 nitrogen and oxygen atoms in total. The van der Waals surface area contributed by atoms with Gasteiger partial charge in [-0.25, -0.2) is 4.79 Å². The highest BCUT2D eigenvalue weighted by Gasteiger charge is 2.17. The van der Waals surface area contributed by atoms with Gasteiger partial charge in [0.1, 0.15) is 6.10 Å². The third kappa shape index (κ3) is 3.72. The van der Waals surface area contributed by atoms with Crippen LogP contribution in [-0.2, 0) is 9.53 Å². The van der Waals surface area contributed by atoms with E-state index >= 15 is 0 Å². The molecule has 0 aliphatic heterocycles. The molecule has 2 heteroatoms. The van der Waals surface area contributed by atoms with Crippen molar-refractivity contribution in [1.29, 1.82) is 0 Å². The van der Waals surface area contributed by atoms with Crippen LogP contribution in [0.15, 0.2) is 23.3 Å². The Kier molecular flexibility index (Phi) is 4.41. The maximum Gasteiger partial charge on any atom is 0.331 e. The fraction of sp³-hybridized carbons (Fsp3) is 0.667. The van der Waals surface area contributed by atoms with Crippen LogP contribution < -0.4 is 0 Å². The van der Waals surface area contributed by atoms with Gasteiger partial charge < -0.3 is 4.74 Å². The second kappa shape index (κ2) is 6.04. The summed E-state index contributed by atoms with van der Waals surface area (Å²) in [6.45, 7) is 2.17. The topological polar surface area (TPSA) is 26.3 Å². The Morgan fingerprint density at radius 1 is 1.18 bits per heavy atom. The van der Waals surface area contributed by atoms with E-state index in [1.54, 1.807) is 6.08 Å². The second-order valence-corrected chi connectivity index (χ2v) is 5.19. The smallest absolute Gasteiger partial charge is 0.331 e. The fourth-order valence-electron chi connectivity index (χ4n) is 2.68. The van der Waals surface area contributed by atoms with Crippen LogP contribution >= 0.6 is 0 Å². The third-order valence-electron chi connectivity index (χ3n) is 3.80. The molecular weight excluding hydrogens is 212 g/mol. The van der Waals surface area contributed by atoms with Crippen molar-refractivity contribution < 1.29 is 9.53 Å². The highest BCUT2D eigenvalue weighted by atomic mass is 16.5. The van der Waals surface area contributed by atoms with Gasteiger partial charge in [-0.2, -0.15) is 0 Å². The molecule has 94 valence electrons. The lowest BCUT2D eigenvalue weighted by molar-refractivity contribution is -0.142. The number of allylic oxidation sites excluding steroid dienone is 3. The molecule has 0 spiro atoms. The zero-order chi connectivity index (χ0) is 12.1. The van der Waals surface area contributed by atoms with E-state index in [4.69, 9.17) is 4.74 Å². The minimum atomic E-state index is -0.164. The largest absolute Gasteiger partial charge is 0.459 e. The fourth-order valence-corrected chi connectivity index (χ4v) is 2.68. The van der Waals surface area contributed by atoms with E-state index in [2.05, 4.69) is 6.92 Å². The van der Waals surface area contributed by atoms with E-state index in [0.717, 1.165) is 19.3 Å². The predicted molar refractivity (Wildman–Crippen MR) is 68.7 cm³/mol. The van der Waals surface area contributed by atoms with Gasteiger partial charge in [0.25, 0.3) is 0 Å². The maximum atomic E-state index is 11.6. The van der Waals surface area contributed by atoms with Crippen LogP contribution in [-0.4, -0.2) is 12.1 Å². The number of carbonyl (C=O) groups is 1. The van der Waals surface area contributed by atoms with Crippen molar-refractivity contribution in [2.45, 2.75) is 64.4 Å². The average molecular weight is 234 g/mol. The quantitative estimate of drug-likeness (QED) is 0.546. The summed E-state index contributed by atoms with van der Waals surface area (Å²) in [7, 11) is 0. The Hall–Kier alpha value is -1.05. The maximum absolute atomic E-state index is 11.6. The Morgan fingerprint density at radius 3 is 2.59 bits per heavy atom. The molecule has 0 heterocycles. The van der Waals surface area contributed by atoms with Gasteiger partial charge in [0.2, 0.25) is 0 Å². The minimum Gasteiger partial charge on any atom is -0.459 e. The molecule has 17 heavy (non-hydrogen) atoms. The molecule has 2 aliphatic carbocycles. The van der Waals surface area contributed by atoms with E-state index < -0.39 is 0 Å². The zero-order valence-corrected chi connectivity index (χ0v) is 10.7. The summed E-state index contributed by atoms with van der Waals surface area (Å²) in [5.74, 6) is -0.164. The SMILES string of the molecule is CC1=C(/C=C/C(=O)OC2CCCC2)CCCC1. The van der Waals surface area contributed by atoms with E-state index in [0.29, 0.717) is 0 Å². The van der Waals surface area contributed by atoms with Crippen LogP contribution in [0.5, 0.6) is 0 Å². The molecule has 0 N–H and O–H groups in total. The van der Waals surface area contributed by atoms with Crippen LogP contribution in [0.3, 0.4) is 0 Å². The van der Waals surface area contributed by atoms with Crippen LogP contribution in [0.4, 0.5) is 0 Å². The lowest BCUT2D eigenvalue weighted by atomic mass is 9.92. The summed E-state index contributed by atoms with van der Waals surface area (Å²) in [5, 5.41) is 0. The molecule has 2 aliphatic rings. The molecule has 2 rings (SSSR count). The van der Waals surface area contributed by atoms with Crippen molar-refractivity contribution in [3.63, 3.8) is 0 Å². The van der Waals surface area contributed by atoms with Crippen molar-refractivity contribution in [3.05, 3.63) is 23.3 Å². The van der Waals surface area contributed by atoms with Crippen molar-refractivity contribution in [2.75, 3.05) is 0 Å². The van der Waals surface area contributed by atoms with Gasteiger partial charge in [-0.1, -0.05) is 11.6 Å². The lowest BCUT2D eigenvalue weighted by Crippen LogP contribution is -2.12. The summed E-state index contributed by atoms with van der Waals surface area (Å²) in [6, 6.07) is 0. The van der Waals surface area contributed by atoms with Crippen LogP contribution in [0.25, 0.3) is 0 Å². The highest BCUT2D eigenvalue weighted by molar-refractivity contribution is 5.82. The summed E-state index contributed by atoms with van der Waals surface area (Å²) in [6.07, 6.45) is 13.1. The molecule has 0 aromatic rings. The molecule has 0 radical (unpaired) electrons. The summed E-state index contributed by atoms with van der Waals surface area (Å²) >= 11 is 0. The van der Waals surface area contributed by atoms with Gasteiger partial charge in [0, 0.05) is 6.08 Å². The summed E-state index contributed by atoms with van der Waals surface area (Å²) in [5.41, 5.74) is 2.76. The first kappa shape index (κ1) is 12.4. The number of hydrogen-bond donors (Lipinski definition) is 0. The number of rotatable bonds is 3. The Balaban J connectivity index is 1.84. The van der Waals surface area contributed by atoms with Crippen LogP contribution in [0.2, 0.25) is 0 Å². The first-order chi connectivity index (χ1) is 8.25. The zero-order valence-electron chi connectivity index (χ0n) is 10.7. The number of hydrogen-bond acceptors (Lipinski definition) is 2. The minimum absolute atomic E-state index is 0.164. The van der Waals surface area contributed by atoms with Gasteiger partial charge in [-0.05, 0) is 63.9 Å². The first-order valence-electron chi connectivity index (χ1n) is 6.83. The number of esters is 1. The monoisotopic (exact) mass is 234 g/mol. The van der Waals surface area contributed by atoms with E-state index in [1.165, 1.54) is 43.3 Å². The molecular formula is C15H22O2. The van der Waals surface area contributed by atoms with Crippen molar-refractivity contribution in [2.24, 2.45) is 0 Å². The van der Waals surface area contributed by atoms with Crippen molar-refractivity contribution >= 4 is 5.97 Å². The standard InChI is InChI=1S/C15H22O2/c1-12-6-2-3-7-13(12)10-11-15(16)17-14-8-4-5-9-14/h10-11,14H,2-9H2,1H3/b11-10+. The second-order valence-electron chi connectivity index (χ2n) is 5.19. The molecule has 0 saturated heterocycles. The highest BCUT2D eigenvalue weighted by Crippen LogP contribution is 2.25. The van der Waals surface area contributed by atoms with E-state index in [1.807, 2.05) is 6.08 Å². The first-order valence-corrected chi connectivity index (χ1v) is 6.83. The van der Waals surface area contributed by atoms with Crippen LogP contribution in [0, 0.1) is 0 Å². The molecule has 0 aromatic heterocycles. The molecule has 0 amide bonds. The number of ether oxygens (including phenoxy) is 1. The lowest BCUT2D eigenvalue weighted by Gasteiger charge is -2.14. The van der Waals surface area contributed by atoms with E-state index in [9.17, 15) is 4.79 Å². The van der Waals surface area contributed by atoms with Gasteiger partial charge in [-0.3, -0.25) is 0 Å². The van der Waals surface area contributed by atoms with Crippen molar-refractivity contribution in [1.82, 2.24) is 0 Å². The predicted octanol–water partition coefficient (Wildman–Crippen LogP) is 3.92. The summed E-state index contributed by atoms with van der Waals surface area (Å²) < 4.78 is 5.39. The molecule has 1 fully saturated rings. The van der Waals surface area contributed by atoms with Crippen LogP contribution in [0.1, 0.15) is 58.3 Å². The summed E-state index contributed by atoms with van der Waals surface area (Å²) in [4.78, 5) is 11.6. The molecule has 0 bridgehead atoms. The third-order valence-corrected chi connectivity index (χ3v) is 3.80. The van der Waals surface area contributed by atoms with Gasteiger partial charge >= 0.3 is 5.97 Å².